The van der Waals surface area contributed by atoms with Crippen molar-refractivity contribution in [2.75, 3.05) is 26.2 Å². The highest BCUT2D eigenvalue weighted by Gasteiger charge is 2.23. The molecule has 0 spiro atoms. The Bertz CT molecular complexity index is 662. The number of hydrogen-bond donors (Lipinski definition) is 0. The van der Waals surface area contributed by atoms with Crippen LogP contribution in [0.15, 0.2) is 36.4 Å². The normalized spacial score (nSPS) is 16.0. The topological polar surface area (TPSA) is 23.6 Å². The molecule has 0 unspecified atom stereocenters. The maximum Gasteiger partial charge on any atom is 0.264 e. The van der Waals surface area contributed by atoms with Crippen LogP contribution in [0.3, 0.4) is 0 Å². The largest absolute Gasteiger partial charge is 0.335 e. The fourth-order valence-electron chi connectivity index (χ4n) is 2.72. The van der Waals surface area contributed by atoms with E-state index in [0.29, 0.717) is 4.34 Å². The molecule has 1 amide bonds. The van der Waals surface area contributed by atoms with Crippen molar-refractivity contribution in [3.63, 3.8) is 0 Å². The van der Waals surface area contributed by atoms with Gasteiger partial charge in [-0.2, -0.15) is 0 Å². The average molecular weight is 335 g/mol. The van der Waals surface area contributed by atoms with Gasteiger partial charge in [-0.15, -0.1) is 11.3 Å². The first-order chi connectivity index (χ1) is 10.6. The number of thiophene rings is 1. The molecule has 3 rings (SSSR count). The van der Waals surface area contributed by atoms with Crippen LogP contribution in [0, 0.1) is 6.92 Å². The second-order valence-electron chi connectivity index (χ2n) is 5.60. The first-order valence-corrected chi connectivity index (χ1v) is 8.64. The molecule has 116 valence electrons. The maximum absolute atomic E-state index is 12.4. The summed E-state index contributed by atoms with van der Waals surface area (Å²) in [5, 5.41) is 0. The average Bonchev–Trinajstić information content (AvgIpc) is 2.96. The summed E-state index contributed by atoms with van der Waals surface area (Å²) in [5.74, 6) is 0.104. The van der Waals surface area contributed by atoms with Gasteiger partial charge in [0.15, 0.2) is 0 Å². The Kier molecular flexibility index (Phi) is 4.81. The molecule has 1 aliphatic heterocycles. The standard InChI is InChI=1S/C17H19ClN2OS/c1-13-4-2-3-5-14(13)12-19-8-10-20(11-9-19)17(21)15-6-7-16(18)22-15/h2-7H,8-12H2,1H3. The summed E-state index contributed by atoms with van der Waals surface area (Å²) in [7, 11) is 0. The first-order valence-electron chi connectivity index (χ1n) is 7.45. The van der Waals surface area contributed by atoms with Crippen LogP contribution in [0.4, 0.5) is 0 Å². The summed E-state index contributed by atoms with van der Waals surface area (Å²) in [6, 6.07) is 12.1. The molecule has 1 aromatic heterocycles. The van der Waals surface area contributed by atoms with Crippen molar-refractivity contribution in [2.45, 2.75) is 13.5 Å². The van der Waals surface area contributed by atoms with Crippen molar-refractivity contribution >= 4 is 28.8 Å². The molecular formula is C17H19ClN2OS. The van der Waals surface area contributed by atoms with Gasteiger partial charge in [-0.25, -0.2) is 0 Å². The van der Waals surface area contributed by atoms with Gasteiger partial charge in [0.05, 0.1) is 9.21 Å². The first kappa shape index (κ1) is 15.5. The van der Waals surface area contributed by atoms with Gasteiger partial charge in [-0.3, -0.25) is 9.69 Å². The number of carbonyl (C=O) groups is 1. The molecule has 3 nitrogen and oxygen atoms in total. The summed E-state index contributed by atoms with van der Waals surface area (Å²) in [5.41, 5.74) is 2.70. The summed E-state index contributed by atoms with van der Waals surface area (Å²) in [4.78, 5) is 17.5. The van der Waals surface area contributed by atoms with E-state index in [-0.39, 0.29) is 5.91 Å². The number of hydrogen-bond acceptors (Lipinski definition) is 3. The minimum atomic E-state index is 0.104. The predicted octanol–water partition coefficient (Wildman–Crippen LogP) is 3.67. The number of nitrogens with zero attached hydrogens (tertiary/aromatic N) is 2. The lowest BCUT2D eigenvalue weighted by Gasteiger charge is -2.34. The van der Waals surface area contributed by atoms with E-state index >= 15 is 0 Å². The Balaban J connectivity index is 1.56. The summed E-state index contributed by atoms with van der Waals surface area (Å²) >= 11 is 7.27. The van der Waals surface area contributed by atoms with Crippen molar-refractivity contribution in [1.82, 2.24) is 9.80 Å². The van der Waals surface area contributed by atoms with E-state index in [2.05, 4.69) is 36.1 Å². The second-order valence-corrected chi connectivity index (χ2v) is 7.31. The summed E-state index contributed by atoms with van der Waals surface area (Å²) < 4.78 is 0.668. The monoisotopic (exact) mass is 334 g/mol. The van der Waals surface area contributed by atoms with Crippen LogP contribution in [0.1, 0.15) is 20.8 Å². The molecule has 0 bridgehead atoms. The zero-order chi connectivity index (χ0) is 15.5. The van der Waals surface area contributed by atoms with Crippen LogP contribution >= 0.6 is 22.9 Å². The Labute approximate surface area is 140 Å². The van der Waals surface area contributed by atoms with Gasteiger partial charge in [0.25, 0.3) is 5.91 Å². The van der Waals surface area contributed by atoms with Gasteiger partial charge in [-0.05, 0) is 30.2 Å². The highest BCUT2D eigenvalue weighted by atomic mass is 35.5. The van der Waals surface area contributed by atoms with Crippen LogP contribution in [0.25, 0.3) is 0 Å². The summed E-state index contributed by atoms with van der Waals surface area (Å²) in [6.07, 6.45) is 0. The van der Waals surface area contributed by atoms with Crippen LogP contribution < -0.4 is 0 Å². The van der Waals surface area contributed by atoms with Crippen LogP contribution in [-0.4, -0.2) is 41.9 Å². The van der Waals surface area contributed by atoms with E-state index in [4.69, 9.17) is 11.6 Å². The lowest BCUT2D eigenvalue weighted by molar-refractivity contribution is 0.0633. The molecule has 1 aliphatic rings. The number of halogens is 1. The van der Waals surface area contributed by atoms with Gasteiger partial charge in [0, 0.05) is 32.7 Å². The highest BCUT2D eigenvalue weighted by molar-refractivity contribution is 7.17. The maximum atomic E-state index is 12.4. The molecule has 2 aromatic rings. The van der Waals surface area contributed by atoms with Gasteiger partial charge in [-0.1, -0.05) is 35.9 Å². The smallest absolute Gasteiger partial charge is 0.264 e. The van der Waals surface area contributed by atoms with Crippen molar-refractivity contribution in [3.05, 3.63) is 56.7 Å². The number of piperazine rings is 1. The molecule has 0 radical (unpaired) electrons. The molecule has 1 saturated heterocycles. The van der Waals surface area contributed by atoms with E-state index in [1.807, 2.05) is 11.0 Å². The number of benzene rings is 1. The van der Waals surface area contributed by atoms with Crippen LogP contribution in [-0.2, 0) is 6.54 Å². The molecule has 0 aliphatic carbocycles. The molecule has 1 aromatic carbocycles. The Morgan fingerprint density at radius 1 is 1.14 bits per heavy atom. The minimum Gasteiger partial charge on any atom is -0.335 e. The Morgan fingerprint density at radius 2 is 1.86 bits per heavy atom. The highest BCUT2D eigenvalue weighted by Crippen LogP contribution is 2.23. The molecule has 0 saturated carbocycles. The van der Waals surface area contributed by atoms with E-state index in [0.717, 1.165) is 37.6 Å². The van der Waals surface area contributed by atoms with Gasteiger partial charge >= 0.3 is 0 Å². The second kappa shape index (κ2) is 6.82. The van der Waals surface area contributed by atoms with E-state index < -0.39 is 0 Å². The van der Waals surface area contributed by atoms with Crippen LogP contribution in [0.5, 0.6) is 0 Å². The molecule has 0 N–H and O–H groups in total. The van der Waals surface area contributed by atoms with E-state index in [1.165, 1.54) is 22.5 Å². The van der Waals surface area contributed by atoms with Crippen molar-refractivity contribution in [2.24, 2.45) is 0 Å². The molecular weight excluding hydrogens is 316 g/mol. The zero-order valence-electron chi connectivity index (χ0n) is 12.6. The third-order valence-corrected chi connectivity index (χ3v) is 5.32. The zero-order valence-corrected chi connectivity index (χ0v) is 14.2. The van der Waals surface area contributed by atoms with E-state index in [1.54, 1.807) is 6.07 Å². The van der Waals surface area contributed by atoms with E-state index in [9.17, 15) is 4.79 Å². The van der Waals surface area contributed by atoms with Crippen molar-refractivity contribution < 1.29 is 4.79 Å². The fraction of sp³-hybridized carbons (Fsp3) is 0.353. The van der Waals surface area contributed by atoms with Crippen LogP contribution in [0.2, 0.25) is 4.34 Å². The predicted molar refractivity (Wildman–Crippen MR) is 91.7 cm³/mol. The Morgan fingerprint density at radius 3 is 2.50 bits per heavy atom. The molecule has 22 heavy (non-hydrogen) atoms. The van der Waals surface area contributed by atoms with Gasteiger partial charge < -0.3 is 4.90 Å². The lowest BCUT2D eigenvalue weighted by atomic mass is 10.1. The molecule has 2 heterocycles. The Hall–Kier alpha value is -1.36. The molecule has 1 fully saturated rings. The van der Waals surface area contributed by atoms with Crippen molar-refractivity contribution in [1.29, 1.82) is 0 Å². The number of rotatable bonds is 3. The molecule has 0 atom stereocenters. The number of amides is 1. The number of aryl methyl sites for hydroxylation is 1. The fourth-order valence-corrected chi connectivity index (χ4v) is 3.73. The SMILES string of the molecule is Cc1ccccc1CN1CCN(C(=O)c2ccc(Cl)s2)CC1. The third-order valence-electron chi connectivity index (χ3n) is 4.10. The quantitative estimate of drug-likeness (QED) is 0.855. The number of carbonyl (C=O) groups excluding carboxylic acids is 1. The third kappa shape index (κ3) is 3.51. The summed E-state index contributed by atoms with van der Waals surface area (Å²) in [6.45, 7) is 6.49. The molecule has 5 heteroatoms. The van der Waals surface area contributed by atoms with Gasteiger partial charge in [0.1, 0.15) is 0 Å². The van der Waals surface area contributed by atoms with Crippen molar-refractivity contribution in [3.8, 4) is 0 Å². The lowest BCUT2D eigenvalue weighted by Crippen LogP contribution is -2.48. The van der Waals surface area contributed by atoms with Gasteiger partial charge in [0.2, 0.25) is 0 Å². The minimum absolute atomic E-state index is 0.104.